The number of nitrogens with one attached hydrogen (secondary N) is 1. The third-order valence-electron chi connectivity index (χ3n) is 6.01. The summed E-state index contributed by atoms with van der Waals surface area (Å²) in [6.45, 7) is 7.00. The van der Waals surface area contributed by atoms with Gasteiger partial charge in [0, 0.05) is 32.7 Å². The van der Waals surface area contributed by atoms with Gasteiger partial charge in [-0.25, -0.2) is 4.68 Å². The van der Waals surface area contributed by atoms with Crippen LogP contribution in [0.25, 0.3) is 5.69 Å². The van der Waals surface area contributed by atoms with Crippen molar-refractivity contribution in [3.05, 3.63) is 77.1 Å². The summed E-state index contributed by atoms with van der Waals surface area (Å²) >= 11 is 0. The van der Waals surface area contributed by atoms with E-state index in [4.69, 9.17) is 5.10 Å². The Bertz CT molecular complexity index is 1050. The molecule has 3 aromatic rings. The summed E-state index contributed by atoms with van der Waals surface area (Å²) in [5, 5.41) is 8.52. The average molecular weight is 403 g/mol. The molecule has 0 amide bonds. The molecule has 1 unspecified atom stereocenters. The molecule has 5 nitrogen and oxygen atoms in total. The number of hydrogen-bond donors (Lipinski definition) is 1. The lowest BCUT2D eigenvalue weighted by Crippen LogP contribution is -2.41. The topological polar surface area (TPSA) is 50.2 Å². The predicted molar refractivity (Wildman–Crippen MR) is 121 cm³/mol. The number of benzene rings is 2. The van der Waals surface area contributed by atoms with E-state index in [1.165, 1.54) is 11.3 Å². The summed E-state index contributed by atoms with van der Waals surface area (Å²) in [7, 11) is 4.09. The predicted octanol–water partition coefficient (Wildman–Crippen LogP) is 4.69. The van der Waals surface area contributed by atoms with E-state index in [9.17, 15) is 4.79 Å². The summed E-state index contributed by atoms with van der Waals surface area (Å²) in [6, 6.07) is 18.7. The number of fused-ring (bicyclic) bond motifs is 1. The Labute approximate surface area is 178 Å². The van der Waals surface area contributed by atoms with Gasteiger partial charge in [-0.1, -0.05) is 44.2 Å². The molecule has 0 spiro atoms. The van der Waals surface area contributed by atoms with Gasteiger partial charge < -0.3 is 10.2 Å². The summed E-state index contributed by atoms with van der Waals surface area (Å²) < 4.78 is 1.95. The number of aryl methyl sites for hydroxylation is 1. The van der Waals surface area contributed by atoms with Gasteiger partial charge in [0.25, 0.3) is 0 Å². The van der Waals surface area contributed by atoms with Crippen LogP contribution in [-0.2, 0) is 6.54 Å². The molecule has 0 saturated carbocycles. The number of carbonyl (C=O) groups is 1. The zero-order valence-electron chi connectivity index (χ0n) is 18.4. The third-order valence-corrected chi connectivity index (χ3v) is 6.01. The third kappa shape index (κ3) is 3.65. The molecule has 1 atom stereocenters. The molecular weight excluding hydrogens is 372 g/mol. The number of anilines is 1. The van der Waals surface area contributed by atoms with Crippen molar-refractivity contribution in [1.82, 2.24) is 15.1 Å². The fourth-order valence-corrected chi connectivity index (χ4v) is 4.40. The lowest BCUT2D eigenvalue weighted by Gasteiger charge is -2.39. The second-order valence-corrected chi connectivity index (χ2v) is 9.06. The minimum Gasteiger partial charge on any atom is -0.378 e. The van der Waals surface area contributed by atoms with Crippen LogP contribution in [-0.4, -0.2) is 29.7 Å². The molecule has 0 bridgehead atoms. The Hall–Kier alpha value is -2.92. The van der Waals surface area contributed by atoms with Crippen molar-refractivity contribution in [2.75, 3.05) is 19.0 Å². The summed E-state index contributed by atoms with van der Waals surface area (Å²) in [4.78, 5) is 15.1. The first-order valence-electron chi connectivity index (χ1n) is 10.5. The molecule has 0 fully saturated rings. The fraction of sp³-hybridized carbons (Fsp3) is 0.360. The maximum Gasteiger partial charge on any atom is 0.167 e. The van der Waals surface area contributed by atoms with E-state index >= 15 is 0 Å². The minimum atomic E-state index is -0.216. The highest BCUT2D eigenvalue weighted by Crippen LogP contribution is 2.45. The molecule has 1 aromatic heterocycles. The quantitative estimate of drug-likeness (QED) is 0.673. The van der Waals surface area contributed by atoms with Crippen LogP contribution in [0, 0.1) is 12.3 Å². The van der Waals surface area contributed by atoms with Gasteiger partial charge in [-0.2, -0.15) is 5.10 Å². The van der Waals surface area contributed by atoms with E-state index in [0.29, 0.717) is 6.42 Å². The molecule has 2 aromatic carbocycles. The van der Waals surface area contributed by atoms with Crippen LogP contribution in [0.15, 0.2) is 54.6 Å². The first kappa shape index (κ1) is 20.4. The smallest absolute Gasteiger partial charge is 0.167 e. The number of aromatic nitrogens is 2. The first-order chi connectivity index (χ1) is 14.3. The van der Waals surface area contributed by atoms with Crippen LogP contribution in [0.2, 0.25) is 0 Å². The largest absolute Gasteiger partial charge is 0.378 e. The highest BCUT2D eigenvalue weighted by molar-refractivity contribution is 6.00. The Morgan fingerprint density at radius 1 is 1.10 bits per heavy atom. The normalized spacial score (nSPS) is 17.6. The van der Waals surface area contributed by atoms with Crippen molar-refractivity contribution in [1.29, 1.82) is 0 Å². The van der Waals surface area contributed by atoms with E-state index in [1.807, 2.05) is 56.0 Å². The molecule has 1 aliphatic rings. The molecule has 5 heteroatoms. The molecule has 0 saturated heterocycles. The Morgan fingerprint density at radius 2 is 1.77 bits per heavy atom. The number of ketones is 1. The Kier molecular flexibility index (Phi) is 5.24. The minimum absolute atomic E-state index is 0.0140. The number of Topliss-reactive ketones (excluding diaryl/α,β-unsaturated/α-hetero) is 1. The molecule has 156 valence electrons. The zero-order chi connectivity index (χ0) is 21.5. The highest BCUT2D eigenvalue weighted by Gasteiger charge is 2.43. The Morgan fingerprint density at radius 3 is 2.40 bits per heavy atom. The van der Waals surface area contributed by atoms with E-state index in [-0.39, 0.29) is 17.2 Å². The SMILES string of the molecule is Cc1nn(-c2ccccc2)c2c1C(=O)CC(C)(C)C2NCc1ccc(N(C)C)cc1. The summed E-state index contributed by atoms with van der Waals surface area (Å²) in [5.74, 6) is 0.183. The zero-order valence-corrected chi connectivity index (χ0v) is 18.4. The van der Waals surface area contributed by atoms with Crippen LogP contribution in [0.1, 0.15) is 53.6 Å². The number of rotatable bonds is 5. The van der Waals surface area contributed by atoms with Gasteiger partial charge in [0.1, 0.15) is 0 Å². The number of para-hydroxylation sites is 1. The summed E-state index contributed by atoms with van der Waals surface area (Å²) in [5.41, 5.74) is 5.72. The first-order valence-corrected chi connectivity index (χ1v) is 10.5. The van der Waals surface area contributed by atoms with Gasteiger partial charge in [0.15, 0.2) is 5.78 Å². The maximum atomic E-state index is 13.0. The van der Waals surface area contributed by atoms with Crippen molar-refractivity contribution >= 4 is 11.5 Å². The van der Waals surface area contributed by atoms with Crippen LogP contribution in [0.4, 0.5) is 5.69 Å². The number of hydrogen-bond acceptors (Lipinski definition) is 4. The Balaban J connectivity index is 1.71. The van der Waals surface area contributed by atoms with Crippen molar-refractivity contribution in [2.45, 2.75) is 39.8 Å². The van der Waals surface area contributed by atoms with E-state index in [0.717, 1.165) is 29.2 Å². The van der Waals surface area contributed by atoms with Crippen LogP contribution in [0.3, 0.4) is 0 Å². The molecule has 30 heavy (non-hydrogen) atoms. The maximum absolute atomic E-state index is 13.0. The van der Waals surface area contributed by atoms with Crippen LogP contribution in [0.5, 0.6) is 0 Å². The van der Waals surface area contributed by atoms with Crippen molar-refractivity contribution < 1.29 is 4.79 Å². The monoisotopic (exact) mass is 402 g/mol. The van der Waals surface area contributed by atoms with Gasteiger partial charge in [-0.3, -0.25) is 4.79 Å². The van der Waals surface area contributed by atoms with Crippen molar-refractivity contribution in [2.24, 2.45) is 5.41 Å². The molecule has 1 aliphatic carbocycles. The van der Waals surface area contributed by atoms with E-state index in [2.05, 4.69) is 48.3 Å². The average Bonchev–Trinajstić information content (AvgIpc) is 3.05. The van der Waals surface area contributed by atoms with E-state index < -0.39 is 0 Å². The molecule has 4 rings (SSSR count). The molecule has 0 radical (unpaired) electrons. The van der Waals surface area contributed by atoms with Crippen molar-refractivity contribution in [3.8, 4) is 5.69 Å². The fourth-order valence-electron chi connectivity index (χ4n) is 4.40. The van der Waals surface area contributed by atoms with Gasteiger partial charge in [0.2, 0.25) is 0 Å². The molecule has 1 N–H and O–H groups in total. The molecule has 1 heterocycles. The van der Waals surface area contributed by atoms with Gasteiger partial charge >= 0.3 is 0 Å². The second kappa shape index (κ2) is 7.73. The van der Waals surface area contributed by atoms with Crippen molar-refractivity contribution in [3.63, 3.8) is 0 Å². The van der Waals surface area contributed by atoms with Gasteiger partial charge in [-0.15, -0.1) is 0 Å². The molecular formula is C25H30N4O. The lowest BCUT2D eigenvalue weighted by atomic mass is 9.71. The van der Waals surface area contributed by atoms with Gasteiger partial charge in [0.05, 0.1) is 28.7 Å². The second-order valence-electron chi connectivity index (χ2n) is 9.06. The number of carbonyl (C=O) groups excluding carboxylic acids is 1. The standard InChI is InChI=1S/C25H30N4O/c1-17-22-21(30)15-25(2,3)24(23(22)29(27-17)20-9-7-6-8-10-20)26-16-18-11-13-19(14-12-18)28(4)5/h6-14,24,26H,15-16H2,1-5H3. The van der Waals surface area contributed by atoms with Crippen LogP contribution < -0.4 is 10.2 Å². The lowest BCUT2D eigenvalue weighted by molar-refractivity contribution is 0.0859. The summed E-state index contributed by atoms with van der Waals surface area (Å²) in [6.07, 6.45) is 0.512. The van der Waals surface area contributed by atoms with Crippen LogP contribution >= 0.6 is 0 Å². The van der Waals surface area contributed by atoms with E-state index in [1.54, 1.807) is 0 Å². The number of nitrogens with zero attached hydrogens (tertiary/aromatic N) is 3. The highest BCUT2D eigenvalue weighted by atomic mass is 16.1. The van der Waals surface area contributed by atoms with Gasteiger partial charge in [-0.05, 0) is 42.2 Å². The molecule has 0 aliphatic heterocycles.